The molecule has 5 N–H and O–H groups in total. The lowest BCUT2D eigenvalue weighted by Gasteiger charge is -2.18. The molecule has 26 heavy (non-hydrogen) atoms. The first-order valence-electron chi connectivity index (χ1n) is 8.42. The van der Waals surface area contributed by atoms with E-state index in [9.17, 15) is 14.7 Å². The van der Waals surface area contributed by atoms with Crippen molar-refractivity contribution >= 4 is 22.8 Å². The van der Waals surface area contributed by atoms with Crippen molar-refractivity contribution in [3.8, 4) is 0 Å². The number of hydrogen-bond acceptors (Lipinski definition) is 3. The smallest absolute Gasteiger partial charge is 0.326 e. The molecule has 0 spiro atoms. The summed E-state index contributed by atoms with van der Waals surface area (Å²) >= 11 is 0. The number of carbonyl (C=O) groups excluding carboxylic acids is 1. The Morgan fingerprint density at radius 1 is 1.04 bits per heavy atom. The highest BCUT2D eigenvalue weighted by molar-refractivity contribution is 5.88. The summed E-state index contributed by atoms with van der Waals surface area (Å²) in [6.45, 7) is 0. The van der Waals surface area contributed by atoms with Gasteiger partial charge in [-0.1, -0.05) is 48.5 Å². The predicted molar refractivity (Wildman–Crippen MR) is 99.7 cm³/mol. The molecule has 1 aromatic heterocycles. The molecule has 0 saturated heterocycles. The monoisotopic (exact) mass is 351 g/mol. The van der Waals surface area contributed by atoms with Crippen LogP contribution in [0.5, 0.6) is 0 Å². The third kappa shape index (κ3) is 4.10. The number of aliphatic carboxylic acids is 1. The van der Waals surface area contributed by atoms with Crippen LogP contribution in [0.2, 0.25) is 0 Å². The number of hydrogen-bond donors (Lipinski definition) is 4. The van der Waals surface area contributed by atoms with Crippen LogP contribution in [0.15, 0.2) is 60.8 Å². The molecule has 0 aliphatic rings. The second-order valence-corrected chi connectivity index (χ2v) is 6.26. The maximum atomic E-state index is 12.3. The molecule has 2 unspecified atom stereocenters. The minimum Gasteiger partial charge on any atom is -0.480 e. The van der Waals surface area contributed by atoms with Gasteiger partial charge in [0.25, 0.3) is 0 Å². The van der Waals surface area contributed by atoms with Crippen molar-refractivity contribution in [3.63, 3.8) is 0 Å². The van der Waals surface area contributed by atoms with Crippen molar-refractivity contribution in [1.29, 1.82) is 0 Å². The Kier molecular flexibility index (Phi) is 5.34. The molecule has 6 heteroatoms. The SMILES string of the molecule is NC(Cc1ccccc1)C(=O)NC(Cc1c[nH]c2ccccc12)C(=O)O. The highest BCUT2D eigenvalue weighted by Crippen LogP contribution is 2.19. The van der Waals surface area contributed by atoms with E-state index >= 15 is 0 Å². The van der Waals surface area contributed by atoms with E-state index in [1.807, 2.05) is 54.6 Å². The quantitative estimate of drug-likeness (QED) is 0.521. The van der Waals surface area contributed by atoms with Crippen molar-refractivity contribution < 1.29 is 14.7 Å². The fraction of sp³-hybridized carbons (Fsp3) is 0.200. The second kappa shape index (κ2) is 7.84. The number of benzene rings is 2. The standard InChI is InChI=1S/C20H21N3O3/c21-16(10-13-6-2-1-3-7-13)19(24)23-18(20(25)26)11-14-12-22-17-9-5-4-8-15(14)17/h1-9,12,16,18,22H,10-11,21H2,(H,23,24)(H,25,26). The zero-order chi connectivity index (χ0) is 18.5. The number of amides is 1. The van der Waals surface area contributed by atoms with Gasteiger partial charge in [-0.05, 0) is 23.6 Å². The van der Waals surface area contributed by atoms with Crippen LogP contribution in [-0.2, 0) is 22.4 Å². The lowest BCUT2D eigenvalue weighted by atomic mass is 10.0. The van der Waals surface area contributed by atoms with Crippen LogP contribution in [0.4, 0.5) is 0 Å². The Morgan fingerprint density at radius 3 is 2.46 bits per heavy atom. The summed E-state index contributed by atoms with van der Waals surface area (Å²) in [6, 6.07) is 15.2. The molecule has 0 bridgehead atoms. The van der Waals surface area contributed by atoms with Crippen molar-refractivity contribution in [1.82, 2.24) is 10.3 Å². The second-order valence-electron chi connectivity index (χ2n) is 6.26. The van der Waals surface area contributed by atoms with Crippen LogP contribution in [0.25, 0.3) is 10.9 Å². The van der Waals surface area contributed by atoms with Gasteiger partial charge in [0.1, 0.15) is 6.04 Å². The molecule has 0 aliphatic carbocycles. The molecule has 3 aromatic rings. The Balaban J connectivity index is 1.68. The molecule has 134 valence electrons. The zero-order valence-corrected chi connectivity index (χ0v) is 14.2. The number of rotatable bonds is 7. The van der Waals surface area contributed by atoms with Gasteiger partial charge in [-0.3, -0.25) is 4.79 Å². The van der Waals surface area contributed by atoms with E-state index < -0.39 is 24.0 Å². The van der Waals surface area contributed by atoms with Gasteiger partial charge in [-0.25, -0.2) is 4.79 Å². The van der Waals surface area contributed by atoms with E-state index in [0.717, 1.165) is 22.0 Å². The summed E-state index contributed by atoms with van der Waals surface area (Å²) in [4.78, 5) is 27.1. The molecule has 0 fully saturated rings. The minimum absolute atomic E-state index is 0.184. The Labute approximate surface area is 151 Å². The normalized spacial score (nSPS) is 13.3. The average Bonchev–Trinajstić information content (AvgIpc) is 3.05. The lowest BCUT2D eigenvalue weighted by Crippen LogP contribution is -2.50. The van der Waals surface area contributed by atoms with Gasteiger partial charge < -0.3 is 21.1 Å². The van der Waals surface area contributed by atoms with E-state index in [0.29, 0.717) is 6.42 Å². The third-order valence-corrected chi connectivity index (χ3v) is 4.35. The molecular formula is C20H21N3O3. The number of nitrogens with two attached hydrogens (primary N) is 1. The summed E-state index contributed by atoms with van der Waals surface area (Å²) in [5, 5.41) is 13.0. The van der Waals surface area contributed by atoms with Gasteiger partial charge in [0.2, 0.25) is 5.91 Å². The Hall–Kier alpha value is -3.12. The van der Waals surface area contributed by atoms with Crippen LogP contribution in [0.3, 0.4) is 0 Å². The maximum absolute atomic E-state index is 12.3. The number of carbonyl (C=O) groups is 2. The van der Waals surface area contributed by atoms with E-state index in [-0.39, 0.29) is 6.42 Å². The first-order valence-corrected chi connectivity index (χ1v) is 8.42. The van der Waals surface area contributed by atoms with Gasteiger partial charge in [0.15, 0.2) is 0 Å². The van der Waals surface area contributed by atoms with Crippen molar-refractivity contribution in [2.24, 2.45) is 5.73 Å². The summed E-state index contributed by atoms with van der Waals surface area (Å²) < 4.78 is 0. The zero-order valence-electron chi connectivity index (χ0n) is 14.2. The van der Waals surface area contributed by atoms with Gasteiger partial charge >= 0.3 is 5.97 Å². The van der Waals surface area contributed by atoms with Crippen LogP contribution in [-0.4, -0.2) is 34.1 Å². The van der Waals surface area contributed by atoms with E-state index in [1.54, 1.807) is 6.20 Å². The first-order chi connectivity index (χ1) is 12.5. The highest BCUT2D eigenvalue weighted by Gasteiger charge is 2.24. The maximum Gasteiger partial charge on any atom is 0.326 e. The number of aromatic amines is 1. The number of carboxylic acids is 1. The van der Waals surface area contributed by atoms with Crippen molar-refractivity contribution in [3.05, 3.63) is 71.9 Å². The van der Waals surface area contributed by atoms with Gasteiger partial charge in [-0.2, -0.15) is 0 Å². The summed E-state index contributed by atoms with van der Waals surface area (Å²) in [5.41, 5.74) is 8.65. The first kappa shape index (κ1) is 17.7. The van der Waals surface area contributed by atoms with E-state index in [4.69, 9.17) is 5.73 Å². The summed E-state index contributed by atoms with van der Waals surface area (Å²) in [6.07, 6.45) is 2.31. The number of H-pyrrole nitrogens is 1. The van der Waals surface area contributed by atoms with Crippen molar-refractivity contribution in [2.75, 3.05) is 0 Å². The number of carboxylic acid groups (broad SMARTS) is 1. The number of para-hydroxylation sites is 1. The molecule has 1 amide bonds. The molecular weight excluding hydrogens is 330 g/mol. The fourth-order valence-corrected chi connectivity index (χ4v) is 2.96. The van der Waals surface area contributed by atoms with E-state index in [1.165, 1.54) is 0 Å². The van der Waals surface area contributed by atoms with Gasteiger partial charge in [-0.15, -0.1) is 0 Å². The Bertz CT molecular complexity index is 905. The number of nitrogens with one attached hydrogen (secondary N) is 2. The van der Waals surface area contributed by atoms with Crippen LogP contribution < -0.4 is 11.1 Å². The fourth-order valence-electron chi connectivity index (χ4n) is 2.96. The molecule has 0 radical (unpaired) electrons. The lowest BCUT2D eigenvalue weighted by molar-refractivity contribution is -0.141. The summed E-state index contributed by atoms with van der Waals surface area (Å²) in [5.74, 6) is -1.56. The molecule has 1 heterocycles. The molecule has 6 nitrogen and oxygen atoms in total. The number of aromatic nitrogens is 1. The molecule has 2 atom stereocenters. The summed E-state index contributed by atoms with van der Waals surface area (Å²) in [7, 11) is 0. The number of fused-ring (bicyclic) bond motifs is 1. The largest absolute Gasteiger partial charge is 0.480 e. The predicted octanol–water partition coefficient (Wildman–Crippen LogP) is 1.85. The molecule has 3 rings (SSSR count). The van der Waals surface area contributed by atoms with E-state index in [2.05, 4.69) is 10.3 Å². The van der Waals surface area contributed by atoms with Crippen LogP contribution >= 0.6 is 0 Å². The minimum atomic E-state index is -1.09. The Morgan fingerprint density at radius 2 is 1.73 bits per heavy atom. The van der Waals surface area contributed by atoms with Gasteiger partial charge in [0.05, 0.1) is 6.04 Å². The molecule has 2 aromatic carbocycles. The molecule has 0 aliphatic heterocycles. The topological polar surface area (TPSA) is 108 Å². The molecule has 0 saturated carbocycles. The van der Waals surface area contributed by atoms with Crippen molar-refractivity contribution in [2.45, 2.75) is 24.9 Å². The third-order valence-electron chi connectivity index (χ3n) is 4.35. The van der Waals surface area contributed by atoms with Crippen LogP contribution in [0, 0.1) is 0 Å². The average molecular weight is 351 g/mol. The van der Waals surface area contributed by atoms with Gasteiger partial charge in [0, 0.05) is 23.5 Å². The van der Waals surface area contributed by atoms with Crippen LogP contribution in [0.1, 0.15) is 11.1 Å². The highest BCUT2D eigenvalue weighted by atomic mass is 16.4.